The Morgan fingerprint density at radius 3 is 2.90 bits per heavy atom. The summed E-state index contributed by atoms with van der Waals surface area (Å²) in [6, 6.07) is 0.205. The van der Waals surface area contributed by atoms with Gasteiger partial charge in [0.25, 0.3) is 5.91 Å². The van der Waals surface area contributed by atoms with Gasteiger partial charge in [-0.1, -0.05) is 26.0 Å². The molecule has 3 unspecified atom stereocenters. The first-order valence-electron chi connectivity index (χ1n) is 7.78. The Bertz CT molecular complexity index is 547. The molecular weight excluding hydrogens is 266 g/mol. The first-order chi connectivity index (χ1) is 9.87. The van der Waals surface area contributed by atoms with Gasteiger partial charge in [0.1, 0.15) is 0 Å². The first kappa shape index (κ1) is 14.5. The summed E-state index contributed by atoms with van der Waals surface area (Å²) in [6.07, 6.45) is 5.37. The SMILES string of the molecule is CC12CCC(C1)C(C)(C)C2NC(=O)c1cn(CCN)nn1. The van der Waals surface area contributed by atoms with Crippen molar-refractivity contribution in [3.05, 3.63) is 11.9 Å². The lowest BCUT2D eigenvalue weighted by Gasteiger charge is -2.42. The van der Waals surface area contributed by atoms with Crippen LogP contribution in [0.4, 0.5) is 0 Å². The zero-order valence-corrected chi connectivity index (χ0v) is 13.1. The Hall–Kier alpha value is -1.43. The van der Waals surface area contributed by atoms with E-state index in [1.165, 1.54) is 19.3 Å². The lowest BCUT2D eigenvalue weighted by atomic mass is 9.68. The maximum atomic E-state index is 12.5. The number of aromatic nitrogens is 3. The van der Waals surface area contributed by atoms with Crippen molar-refractivity contribution in [1.82, 2.24) is 20.3 Å². The molecule has 2 aliphatic carbocycles. The van der Waals surface area contributed by atoms with Gasteiger partial charge in [0, 0.05) is 12.6 Å². The second-order valence-electron chi connectivity index (χ2n) is 7.48. The lowest BCUT2D eigenvalue weighted by molar-refractivity contribution is 0.0733. The molecule has 116 valence electrons. The molecule has 1 heterocycles. The molecule has 0 aromatic carbocycles. The zero-order chi connectivity index (χ0) is 15.3. The topological polar surface area (TPSA) is 85.8 Å². The predicted molar refractivity (Wildman–Crippen MR) is 79.6 cm³/mol. The second kappa shape index (κ2) is 4.80. The van der Waals surface area contributed by atoms with Gasteiger partial charge in [-0.3, -0.25) is 9.48 Å². The molecule has 3 rings (SSSR count). The van der Waals surface area contributed by atoms with E-state index in [-0.39, 0.29) is 22.8 Å². The van der Waals surface area contributed by atoms with Crippen LogP contribution in [0.5, 0.6) is 0 Å². The molecule has 3 N–H and O–H groups in total. The number of nitrogens with one attached hydrogen (secondary N) is 1. The van der Waals surface area contributed by atoms with Crippen molar-refractivity contribution in [1.29, 1.82) is 0 Å². The van der Waals surface area contributed by atoms with E-state index in [1.807, 2.05) is 0 Å². The van der Waals surface area contributed by atoms with Crippen LogP contribution in [0.2, 0.25) is 0 Å². The fraction of sp³-hybridized carbons (Fsp3) is 0.800. The molecule has 2 aliphatic rings. The van der Waals surface area contributed by atoms with Crippen molar-refractivity contribution in [3.8, 4) is 0 Å². The summed E-state index contributed by atoms with van der Waals surface area (Å²) < 4.78 is 1.61. The van der Waals surface area contributed by atoms with Gasteiger partial charge in [0.15, 0.2) is 5.69 Å². The molecular formula is C15H25N5O. The smallest absolute Gasteiger partial charge is 0.273 e. The molecule has 1 aromatic heterocycles. The summed E-state index contributed by atoms with van der Waals surface area (Å²) in [7, 11) is 0. The van der Waals surface area contributed by atoms with E-state index in [0.717, 1.165) is 0 Å². The van der Waals surface area contributed by atoms with Gasteiger partial charge in [-0.2, -0.15) is 0 Å². The molecule has 6 heteroatoms. The van der Waals surface area contributed by atoms with E-state index in [0.29, 0.717) is 24.7 Å². The molecule has 2 bridgehead atoms. The number of fused-ring (bicyclic) bond motifs is 2. The minimum atomic E-state index is -0.120. The van der Waals surface area contributed by atoms with Gasteiger partial charge in [-0.05, 0) is 36.0 Å². The highest BCUT2D eigenvalue weighted by Crippen LogP contribution is 2.62. The van der Waals surface area contributed by atoms with Crippen LogP contribution in [0.25, 0.3) is 0 Å². The predicted octanol–water partition coefficient (Wildman–Crippen LogP) is 1.18. The number of amides is 1. The van der Waals surface area contributed by atoms with Crippen molar-refractivity contribution in [2.45, 2.75) is 52.6 Å². The van der Waals surface area contributed by atoms with Crippen molar-refractivity contribution >= 4 is 5.91 Å². The molecule has 2 fully saturated rings. The quantitative estimate of drug-likeness (QED) is 0.872. The van der Waals surface area contributed by atoms with E-state index in [1.54, 1.807) is 10.9 Å². The molecule has 3 atom stereocenters. The number of carbonyl (C=O) groups is 1. The largest absolute Gasteiger partial charge is 0.347 e. The van der Waals surface area contributed by atoms with Crippen LogP contribution in [0, 0.1) is 16.7 Å². The summed E-state index contributed by atoms with van der Waals surface area (Å²) in [5.74, 6) is 0.589. The highest BCUT2D eigenvalue weighted by atomic mass is 16.2. The maximum Gasteiger partial charge on any atom is 0.273 e. The van der Waals surface area contributed by atoms with Crippen LogP contribution in [-0.4, -0.2) is 33.5 Å². The first-order valence-corrected chi connectivity index (χ1v) is 7.78. The maximum absolute atomic E-state index is 12.5. The van der Waals surface area contributed by atoms with Gasteiger partial charge in [-0.15, -0.1) is 5.10 Å². The van der Waals surface area contributed by atoms with Crippen LogP contribution in [0.3, 0.4) is 0 Å². The van der Waals surface area contributed by atoms with Crippen molar-refractivity contribution in [2.75, 3.05) is 6.54 Å². The van der Waals surface area contributed by atoms with Crippen LogP contribution < -0.4 is 11.1 Å². The summed E-state index contributed by atoms with van der Waals surface area (Å²) in [5.41, 5.74) is 6.23. The minimum absolute atomic E-state index is 0.120. The fourth-order valence-electron chi connectivity index (χ4n) is 4.51. The minimum Gasteiger partial charge on any atom is -0.347 e. The Morgan fingerprint density at radius 1 is 1.52 bits per heavy atom. The molecule has 1 amide bonds. The molecule has 1 aromatic rings. The Morgan fingerprint density at radius 2 is 2.29 bits per heavy atom. The van der Waals surface area contributed by atoms with E-state index >= 15 is 0 Å². The number of hydrogen-bond donors (Lipinski definition) is 2. The third-order valence-corrected chi connectivity index (χ3v) is 5.67. The van der Waals surface area contributed by atoms with E-state index in [4.69, 9.17) is 5.73 Å². The molecule has 0 aliphatic heterocycles. The van der Waals surface area contributed by atoms with Crippen LogP contribution in [0.15, 0.2) is 6.20 Å². The average molecular weight is 291 g/mol. The number of nitrogens with two attached hydrogens (primary N) is 1. The average Bonchev–Trinajstić information content (AvgIpc) is 3.06. The number of hydrogen-bond acceptors (Lipinski definition) is 4. The molecule has 6 nitrogen and oxygen atoms in total. The normalized spacial score (nSPS) is 33.3. The third-order valence-electron chi connectivity index (χ3n) is 5.67. The zero-order valence-electron chi connectivity index (χ0n) is 13.1. The van der Waals surface area contributed by atoms with Crippen LogP contribution in [0.1, 0.15) is 50.5 Å². The van der Waals surface area contributed by atoms with Gasteiger partial charge in [-0.25, -0.2) is 0 Å². The van der Waals surface area contributed by atoms with Gasteiger partial charge < -0.3 is 11.1 Å². The third kappa shape index (κ3) is 2.25. The van der Waals surface area contributed by atoms with Crippen molar-refractivity contribution in [3.63, 3.8) is 0 Å². The van der Waals surface area contributed by atoms with Crippen molar-refractivity contribution in [2.24, 2.45) is 22.5 Å². The molecule has 21 heavy (non-hydrogen) atoms. The Balaban J connectivity index is 1.75. The highest BCUT2D eigenvalue weighted by molar-refractivity contribution is 5.92. The molecule has 2 saturated carbocycles. The summed E-state index contributed by atoms with van der Waals surface area (Å²) in [5, 5.41) is 11.1. The number of nitrogens with zero attached hydrogens (tertiary/aromatic N) is 3. The number of carbonyl (C=O) groups excluding carboxylic acids is 1. The summed E-state index contributed by atoms with van der Waals surface area (Å²) in [6.45, 7) is 7.92. The molecule has 0 radical (unpaired) electrons. The van der Waals surface area contributed by atoms with Gasteiger partial charge in [0.05, 0.1) is 12.7 Å². The Kier molecular flexibility index (Phi) is 3.31. The van der Waals surface area contributed by atoms with E-state index < -0.39 is 0 Å². The van der Waals surface area contributed by atoms with Gasteiger partial charge >= 0.3 is 0 Å². The van der Waals surface area contributed by atoms with Gasteiger partial charge in [0.2, 0.25) is 0 Å². The summed E-state index contributed by atoms with van der Waals surface area (Å²) in [4.78, 5) is 12.5. The summed E-state index contributed by atoms with van der Waals surface area (Å²) >= 11 is 0. The van der Waals surface area contributed by atoms with Crippen molar-refractivity contribution < 1.29 is 4.79 Å². The lowest BCUT2D eigenvalue weighted by Crippen LogP contribution is -2.52. The van der Waals surface area contributed by atoms with Crippen LogP contribution in [-0.2, 0) is 6.54 Å². The molecule has 0 saturated heterocycles. The van der Waals surface area contributed by atoms with E-state index in [2.05, 4.69) is 36.4 Å². The van der Waals surface area contributed by atoms with E-state index in [9.17, 15) is 4.79 Å². The second-order valence-corrected chi connectivity index (χ2v) is 7.48. The standard InChI is InChI=1S/C15H25N5O/c1-14(2)10-4-5-15(3,8-10)13(14)17-12(21)11-9-20(7-6-16)19-18-11/h9-10,13H,4-8,16H2,1-3H3,(H,17,21). The fourth-order valence-corrected chi connectivity index (χ4v) is 4.51. The number of rotatable bonds is 4. The molecule has 0 spiro atoms. The Labute approximate surface area is 125 Å². The highest BCUT2D eigenvalue weighted by Gasteiger charge is 2.59. The monoisotopic (exact) mass is 291 g/mol. The van der Waals surface area contributed by atoms with Crippen LogP contribution >= 0.6 is 0 Å².